The molecule has 3 rings (SSSR count). The molecule has 1 aromatic carbocycles. The number of carbonyl (C=O) groups is 1. The molecule has 26 heavy (non-hydrogen) atoms. The van der Waals surface area contributed by atoms with Crippen LogP contribution in [0.5, 0.6) is 0 Å². The molecule has 2 amide bonds. The van der Waals surface area contributed by atoms with Crippen LogP contribution in [0.2, 0.25) is 0 Å². The number of halogens is 1. The van der Waals surface area contributed by atoms with Crippen molar-refractivity contribution in [2.45, 2.75) is 64.6 Å². The van der Waals surface area contributed by atoms with Crippen LogP contribution in [0.3, 0.4) is 0 Å². The van der Waals surface area contributed by atoms with Crippen molar-refractivity contribution < 1.29 is 18.7 Å². The Labute approximate surface area is 153 Å². The van der Waals surface area contributed by atoms with Crippen molar-refractivity contribution in [1.29, 1.82) is 0 Å². The summed E-state index contributed by atoms with van der Waals surface area (Å²) in [4.78, 5) is 12.5. The first-order valence-electron chi connectivity index (χ1n) is 9.28. The number of rotatable bonds is 4. The van der Waals surface area contributed by atoms with Crippen LogP contribution in [0, 0.1) is 18.7 Å². The van der Waals surface area contributed by atoms with Gasteiger partial charge in [-0.05, 0) is 56.7 Å². The molecule has 0 unspecified atom stereocenters. The monoisotopic (exact) mass is 362 g/mol. The molecule has 1 aliphatic carbocycles. The molecule has 1 fully saturated rings. The molecular formula is C20H27FN2O3. The van der Waals surface area contributed by atoms with E-state index < -0.39 is 0 Å². The molecular weight excluding hydrogens is 335 g/mol. The van der Waals surface area contributed by atoms with Crippen LogP contribution >= 0.6 is 0 Å². The number of aliphatic hydroxyl groups excluding tert-OH is 1. The molecule has 5 nitrogen and oxygen atoms in total. The van der Waals surface area contributed by atoms with Crippen molar-refractivity contribution in [3.63, 3.8) is 0 Å². The molecule has 0 radical (unpaired) electrons. The maximum absolute atomic E-state index is 13.5. The quantitative estimate of drug-likeness (QED) is 0.764. The number of amides is 2. The minimum atomic E-state index is -0.306. The van der Waals surface area contributed by atoms with Crippen molar-refractivity contribution >= 4 is 17.0 Å². The summed E-state index contributed by atoms with van der Waals surface area (Å²) in [5.74, 6) is 0.465. The van der Waals surface area contributed by atoms with Gasteiger partial charge in [-0.1, -0.05) is 13.8 Å². The summed E-state index contributed by atoms with van der Waals surface area (Å²) in [5, 5.41) is 16.3. The third-order valence-electron chi connectivity index (χ3n) is 5.20. The first-order chi connectivity index (χ1) is 12.3. The Morgan fingerprint density at radius 1 is 1.27 bits per heavy atom. The zero-order valence-corrected chi connectivity index (χ0v) is 15.5. The lowest BCUT2D eigenvalue weighted by Crippen LogP contribution is -2.46. The van der Waals surface area contributed by atoms with E-state index in [1.54, 1.807) is 6.07 Å². The number of furan rings is 1. The number of hydrogen-bond donors (Lipinski definition) is 3. The normalized spacial score (nSPS) is 21.8. The highest BCUT2D eigenvalue weighted by Crippen LogP contribution is 2.33. The fraction of sp³-hybridized carbons (Fsp3) is 0.550. The summed E-state index contributed by atoms with van der Waals surface area (Å²) < 4.78 is 19.5. The summed E-state index contributed by atoms with van der Waals surface area (Å²) in [6.45, 7) is 5.91. The zero-order chi connectivity index (χ0) is 18.8. The van der Waals surface area contributed by atoms with Crippen molar-refractivity contribution in [2.24, 2.45) is 5.92 Å². The smallest absolute Gasteiger partial charge is 0.315 e. The number of hydrogen-bond acceptors (Lipinski definition) is 3. The number of aryl methyl sites for hydroxylation is 1. The van der Waals surface area contributed by atoms with Gasteiger partial charge in [0.2, 0.25) is 0 Å². The van der Waals surface area contributed by atoms with Gasteiger partial charge in [-0.2, -0.15) is 0 Å². The van der Waals surface area contributed by atoms with Crippen LogP contribution in [-0.4, -0.2) is 23.3 Å². The summed E-state index contributed by atoms with van der Waals surface area (Å²) in [6.07, 6.45) is 2.74. The Morgan fingerprint density at radius 3 is 2.62 bits per heavy atom. The fourth-order valence-corrected chi connectivity index (χ4v) is 3.63. The molecule has 0 saturated heterocycles. The molecule has 0 aliphatic heterocycles. The fourth-order valence-electron chi connectivity index (χ4n) is 3.63. The molecule has 3 N–H and O–H groups in total. The Kier molecular flexibility index (Phi) is 5.51. The lowest BCUT2D eigenvalue weighted by atomic mass is 9.93. The molecule has 1 atom stereocenters. The lowest BCUT2D eigenvalue weighted by molar-refractivity contribution is 0.117. The average molecular weight is 362 g/mol. The zero-order valence-electron chi connectivity index (χ0n) is 15.5. The topological polar surface area (TPSA) is 74.5 Å². The van der Waals surface area contributed by atoms with Crippen molar-refractivity contribution in [3.8, 4) is 0 Å². The van der Waals surface area contributed by atoms with E-state index in [2.05, 4.69) is 10.6 Å². The van der Waals surface area contributed by atoms with Crippen molar-refractivity contribution in [2.75, 3.05) is 0 Å². The molecule has 0 bridgehead atoms. The number of nitrogens with one attached hydrogen (secondary N) is 2. The maximum atomic E-state index is 13.5. The van der Waals surface area contributed by atoms with E-state index in [0.29, 0.717) is 24.2 Å². The van der Waals surface area contributed by atoms with Gasteiger partial charge in [-0.3, -0.25) is 0 Å². The minimum Gasteiger partial charge on any atom is -0.459 e. The van der Waals surface area contributed by atoms with E-state index in [1.165, 1.54) is 12.1 Å². The van der Waals surface area contributed by atoms with Gasteiger partial charge >= 0.3 is 6.03 Å². The summed E-state index contributed by atoms with van der Waals surface area (Å²) >= 11 is 0. The van der Waals surface area contributed by atoms with E-state index in [4.69, 9.17) is 4.42 Å². The van der Waals surface area contributed by atoms with Crippen LogP contribution < -0.4 is 10.6 Å². The van der Waals surface area contributed by atoms with Crippen LogP contribution in [0.1, 0.15) is 56.9 Å². The van der Waals surface area contributed by atoms with Crippen molar-refractivity contribution in [3.05, 3.63) is 35.3 Å². The number of benzene rings is 1. The molecule has 2 aromatic rings. The number of aliphatic hydroxyl groups is 1. The van der Waals surface area contributed by atoms with Gasteiger partial charge in [0.05, 0.1) is 12.1 Å². The Morgan fingerprint density at radius 2 is 1.96 bits per heavy atom. The first-order valence-corrected chi connectivity index (χ1v) is 9.28. The summed E-state index contributed by atoms with van der Waals surface area (Å²) in [5.41, 5.74) is 1.47. The highest BCUT2D eigenvalue weighted by molar-refractivity contribution is 5.82. The predicted molar refractivity (Wildman–Crippen MR) is 98.4 cm³/mol. The maximum Gasteiger partial charge on any atom is 0.315 e. The van der Waals surface area contributed by atoms with E-state index in [9.17, 15) is 14.3 Å². The van der Waals surface area contributed by atoms with Crippen LogP contribution in [0.4, 0.5) is 9.18 Å². The summed E-state index contributed by atoms with van der Waals surface area (Å²) in [7, 11) is 0. The largest absolute Gasteiger partial charge is 0.459 e. The van der Waals surface area contributed by atoms with Gasteiger partial charge in [-0.15, -0.1) is 0 Å². The number of carbonyl (C=O) groups excluding carboxylic acids is 1. The molecule has 1 heterocycles. The molecule has 6 heteroatoms. The van der Waals surface area contributed by atoms with Gasteiger partial charge < -0.3 is 20.2 Å². The van der Waals surface area contributed by atoms with Crippen LogP contribution in [0.15, 0.2) is 22.6 Å². The second kappa shape index (κ2) is 7.66. The lowest BCUT2D eigenvalue weighted by Gasteiger charge is -2.28. The van der Waals surface area contributed by atoms with E-state index in [0.717, 1.165) is 23.8 Å². The average Bonchev–Trinajstić information content (AvgIpc) is 2.91. The van der Waals surface area contributed by atoms with Gasteiger partial charge in [0.25, 0.3) is 0 Å². The molecule has 1 aromatic heterocycles. The van der Waals surface area contributed by atoms with Gasteiger partial charge in [0.1, 0.15) is 17.2 Å². The summed E-state index contributed by atoms with van der Waals surface area (Å²) in [6, 6.07) is 3.98. The Bertz CT molecular complexity index is 779. The Balaban J connectivity index is 1.75. The van der Waals surface area contributed by atoms with E-state index >= 15 is 0 Å². The van der Waals surface area contributed by atoms with Gasteiger partial charge in [0, 0.05) is 17.0 Å². The standard InChI is InChI=1S/C20H27FN2O3/c1-11(2)18(23-20(25)22-14-5-7-15(24)8-6-14)19-12(3)16-10-13(21)4-9-17(16)26-19/h4,9-11,14-15,18,24H,5-8H2,1-3H3,(H2,22,23,25)/t14?,15?,18-/m1/s1. The molecule has 1 saturated carbocycles. The van der Waals surface area contributed by atoms with Crippen LogP contribution in [0.25, 0.3) is 11.0 Å². The highest BCUT2D eigenvalue weighted by atomic mass is 19.1. The van der Waals surface area contributed by atoms with Gasteiger partial charge in [-0.25, -0.2) is 9.18 Å². The van der Waals surface area contributed by atoms with E-state index in [1.807, 2.05) is 20.8 Å². The van der Waals surface area contributed by atoms with Crippen LogP contribution in [-0.2, 0) is 0 Å². The second-order valence-corrected chi connectivity index (χ2v) is 7.58. The molecule has 142 valence electrons. The predicted octanol–water partition coefficient (Wildman–Crippen LogP) is 4.18. The Hall–Kier alpha value is -2.08. The minimum absolute atomic E-state index is 0.0806. The van der Waals surface area contributed by atoms with Gasteiger partial charge in [0.15, 0.2) is 0 Å². The van der Waals surface area contributed by atoms with E-state index in [-0.39, 0.29) is 36.0 Å². The first kappa shape index (κ1) is 18.7. The number of fused-ring (bicyclic) bond motifs is 1. The van der Waals surface area contributed by atoms with Crippen molar-refractivity contribution in [1.82, 2.24) is 10.6 Å². The third-order valence-corrected chi connectivity index (χ3v) is 5.20. The highest BCUT2D eigenvalue weighted by Gasteiger charge is 2.27. The third kappa shape index (κ3) is 4.01. The molecule has 0 spiro atoms. The molecule has 1 aliphatic rings. The second-order valence-electron chi connectivity index (χ2n) is 7.58. The number of urea groups is 1. The SMILES string of the molecule is Cc1c([C@H](NC(=O)NC2CCC(O)CC2)C(C)C)oc2ccc(F)cc12.